The summed E-state index contributed by atoms with van der Waals surface area (Å²) in [6.07, 6.45) is 5.27. The van der Waals surface area contributed by atoms with Crippen LogP contribution in [0.2, 0.25) is 0 Å². The van der Waals surface area contributed by atoms with Crippen molar-refractivity contribution in [2.45, 2.75) is 31.3 Å². The number of carbonyl (C=O) groups is 2. The van der Waals surface area contributed by atoms with E-state index in [1.807, 2.05) is 60.7 Å². The monoisotopic (exact) mass is 576 g/mol. The van der Waals surface area contributed by atoms with Crippen molar-refractivity contribution < 1.29 is 14.7 Å². The number of likely N-dealkylation sites (tertiary alicyclic amines) is 1. The van der Waals surface area contributed by atoms with Gasteiger partial charge in [0.05, 0.1) is 23.4 Å². The summed E-state index contributed by atoms with van der Waals surface area (Å²) in [6, 6.07) is 22.3. The Hall–Kier alpha value is -3.46. The zero-order valence-corrected chi connectivity index (χ0v) is 22.7. The maximum atomic E-state index is 13.3. The number of anilines is 3. The van der Waals surface area contributed by atoms with Gasteiger partial charge >= 0.3 is 0 Å². The molecule has 38 heavy (non-hydrogen) atoms. The lowest BCUT2D eigenvalue weighted by Gasteiger charge is -2.20. The van der Waals surface area contributed by atoms with E-state index >= 15 is 0 Å². The number of rotatable bonds is 10. The molecule has 3 aromatic rings. The number of halogens is 1. The van der Waals surface area contributed by atoms with Gasteiger partial charge in [0.15, 0.2) is 0 Å². The molecule has 198 valence electrons. The first-order valence-corrected chi connectivity index (χ1v) is 13.6. The number of hydrogen-bond donors (Lipinski definition) is 4. The van der Waals surface area contributed by atoms with Crippen molar-refractivity contribution in [3.05, 3.63) is 94.5 Å². The molecule has 0 aromatic heterocycles. The van der Waals surface area contributed by atoms with Gasteiger partial charge in [-0.15, -0.1) is 0 Å². The van der Waals surface area contributed by atoms with E-state index in [1.54, 1.807) is 18.2 Å². The summed E-state index contributed by atoms with van der Waals surface area (Å²) < 4.78 is 0.949. The SMILES string of the molecule is Nc1ccccc1NC(=O)/C=C/c1ccc(C(CCCN2CCC(O)C2)C(=O)Nc2ccc(Br)cc2)cc1. The Labute approximate surface area is 231 Å². The number of nitrogens with one attached hydrogen (secondary N) is 2. The topological polar surface area (TPSA) is 108 Å². The molecule has 1 heterocycles. The molecular weight excluding hydrogens is 544 g/mol. The average molecular weight is 578 g/mol. The van der Waals surface area contributed by atoms with Crippen molar-refractivity contribution in [3.8, 4) is 0 Å². The fourth-order valence-electron chi connectivity index (χ4n) is 4.54. The van der Waals surface area contributed by atoms with Crippen LogP contribution in [0.15, 0.2) is 83.3 Å². The van der Waals surface area contributed by atoms with E-state index < -0.39 is 0 Å². The van der Waals surface area contributed by atoms with Crippen LogP contribution in [0.4, 0.5) is 17.1 Å². The molecule has 1 fully saturated rings. The van der Waals surface area contributed by atoms with E-state index in [4.69, 9.17) is 5.73 Å². The normalized spacial score (nSPS) is 16.4. The molecular formula is C30H33BrN4O3. The van der Waals surface area contributed by atoms with Crippen molar-refractivity contribution in [2.24, 2.45) is 0 Å². The Morgan fingerprint density at radius 3 is 2.47 bits per heavy atom. The molecule has 3 aromatic carbocycles. The highest BCUT2D eigenvalue weighted by molar-refractivity contribution is 9.10. The summed E-state index contributed by atoms with van der Waals surface area (Å²) in [5.41, 5.74) is 9.48. The Kier molecular flexibility index (Phi) is 9.70. The van der Waals surface area contributed by atoms with Crippen LogP contribution in [0.3, 0.4) is 0 Å². The van der Waals surface area contributed by atoms with Crippen molar-refractivity contribution >= 4 is 50.9 Å². The molecule has 0 aliphatic carbocycles. The van der Waals surface area contributed by atoms with Crippen molar-refractivity contribution in [3.63, 3.8) is 0 Å². The van der Waals surface area contributed by atoms with Crippen LogP contribution in [-0.4, -0.2) is 47.6 Å². The smallest absolute Gasteiger partial charge is 0.248 e. The van der Waals surface area contributed by atoms with Crippen LogP contribution in [0.1, 0.15) is 36.3 Å². The number of β-amino-alcohol motifs (C(OH)–C–C–N with tert-alkyl or cyclic N) is 1. The second-order valence-electron chi connectivity index (χ2n) is 9.51. The summed E-state index contributed by atoms with van der Waals surface area (Å²) in [6.45, 7) is 2.44. The number of nitrogens with zero attached hydrogens (tertiary/aromatic N) is 1. The molecule has 4 rings (SSSR count). The fourth-order valence-corrected chi connectivity index (χ4v) is 4.81. The Bertz CT molecular complexity index is 1260. The third-order valence-electron chi connectivity index (χ3n) is 6.63. The predicted octanol–water partition coefficient (Wildman–Crippen LogP) is 5.25. The summed E-state index contributed by atoms with van der Waals surface area (Å²) in [4.78, 5) is 27.9. The average Bonchev–Trinajstić information content (AvgIpc) is 3.33. The number of nitrogens with two attached hydrogens (primary N) is 1. The van der Waals surface area contributed by atoms with Gasteiger partial charge in [-0.25, -0.2) is 0 Å². The first-order chi connectivity index (χ1) is 18.4. The maximum absolute atomic E-state index is 13.3. The Balaban J connectivity index is 1.41. The first kappa shape index (κ1) is 27.6. The number of hydrogen-bond acceptors (Lipinski definition) is 5. The summed E-state index contributed by atoms with van der Waals surface area (Å²) in [5.74, 6) is -0.656. The van der Waals surface area contributed by atoms with Gasteiger partial charge in [-0.1, -0.05) is 52.3 Å². The number of carbonyl (C=O) groups excluding carboxylic acids is 2. The van der Waals surface area contributed by atoms with E-state index in [0.29, 0.717) is 24.3 Å². The molecule has 1 aliphatic rings. The van der Waals surface area contributed by atoms with Crippen LogP contribution in [0.5, 0.6) is 0 Å². The summed E-state index contributed by atoms with van der Waals surface area (Å²) in [7, 11) is 0. The molecule has 2 amide bonds. The molecule has 8 heteroatoms. The number of para-hydroxylation sites is 2. The number of aliphatic hydroxyl groups is 1. The van der Waals surface area contributed by atoms with Crippen molar-refractivity contribution in [1.29, 1.82) is 0 Å². The zero-order chi connectivity index (χ0) is 26.9. The third kappa shape index (κ3) is 8.02. The highest BCUT2D eigenvalue weighted by atomic mass is 79.9. The predicted molar refractivity (Wildman–Crippen MR) is 157 cm³/mol. The molecule has 2 atom stereocenters. The molecule has 0 spiro atoms. The van der Waals surface area contributed by atoms with Crippen LogP contribution in [0, 0.1) is 0 Å². The number of nitrogen functional groups attached to an aromatic ring is 1. The summed E-state index contributed by atoms with van der Waals surface area (Å²) in [5, 5.41) is 15.6. The van der Waals surface area contributed by atoms with E-state index in [-0.39, 0.29) is 23.8 Å². The van der Waals surface area contributed by atoms with Gasteiger partial charge in [0.1, 0.15) is 0 Å². The first-order valence-electron chi connectivity index (χ1n) is 12.8. The van der Waals surface area contributed by atoms with Crippen LogP contribution in [0.25, 0.3) is 6.08 Å². The van der Waals surface area contributed by atoms with Crippen LogP contribution >= 0.6 is 15.9 Å². The number of benzene rings is 3. The highest BCUT2D eigenvalue weighted by Crippen LogP contribution is 2.26. The second kappa shape index (κ2) is 13.4. The molecule has 0 radical (unpaired) electrons. The summed E-state index contributed by atoms with van der Waals surface area (Å²) >= 11 is 3.42. The molecule has 0 saturated carbocycles. The van der Waals surface area contributed by atoms with Gasteiger partial charge in [0, 0.05) is 29.3 Å². The minimum absolute atomic E-state index is 0.0584. The third-order valence-corrected chi connectivity index (χ3v) is 7.16. The van der Waals surface area contributed by atoms with Crippen LogP contribution in [-0.2, 0) is 9.59 Å². The standard InChI is InChI=1S/C30H33BrN4O3/c31-23-12-14-24(15-13-23)33-30(38)26(4-3-18-35-19-17-25(36)20-35)22-10-7-21(8-11-22)9-16-29(37)34-28-6-2-1-5-27(28)32/h1-2,5-16,25-26,36H,3-4,17-20,32H2,(H,33,38)(H,34,37)/b16-9+. The Morgan fingerprint density at radius 1 is 1.05 bits per heavy atom. The van der Waals surface area contributed by atoms with Gasteiger partial charge in [-0.05, 0) is 79.4 Å². The fraction of sp³-hybridized carbons (Fsp3) is 0.267. The number of amides is 2. The lowest BCUT2D eigenvalue weighted by atomic mass is 9.92. The van der Waals surface area contributed by atoms with Crippen molar-refractivity contribution in [2.75, 3.05) is 36.0 Å². The van der Waals surface area contributed by atoms with Gasteiger partial charge in [0.25, 0.3) is 0 Å². The lowest BCUT2D eigenvalue weighted by Crippen LogP contribution is -2.25. The Morgan fingerprint density at radius 2 is 1.79 bits per heavy atom. The second-order valence-corrected chi connectivity index (χ2v) is 10.4. The zero-order valence-electron chi connectivity index (χ0n) is 21.1. The molecule has 0 bridgehead atoms. The van der Waals surface area contributed by atoms with E-state index in [0.717, 1.165) is 47.2 Å². The minimum Gasteiger partial charge on any atom is -0.397 e. The molecule has 7 nitrogen and oxygen atoms in total. The van der Waals surface area contributed by atoms with E-state index in [9.17, 15) is 14.7 Å². The molecule has 1 aliphatic heterocycles. The van der Waals surface area contributed by atoms with Crippen molar-refractivity contribution in [1.82, 2.24) is 4.90 Å². The van der Waals surface area contributed by atoms with Crippen LogP contribution < -0.4 is 16.4 Å². The molecule has 1 saturated heterocycles. The number of aliphatic hydroxyl groups excluding tert-OH is 1. The van der Waals surface area contributed by atoms with E-state index in [1.165, 1.54) is 6.08 Å². The van der Waals surface area contributed by atoms with Gasteiger partial charge in [0.2, 0.25) is 11.8 Å². The molecule has 2 unspecified atom stereocenters. The molecule has 5 N–H and O–H groups in total. The van der Waals surface area contributed by atoms with Gasteiger partial charge in [-0.2, -0.15) is 0 Å². The highest BCUT2D eigenvalue weighted by Gasteiger charge is 2.23. The largest absolute Gasteiger partial charge is 0.397 e. The van der Waals surface area contributed by atoms with Gasteiger partial charge in [-0.3, -0.25) is 9.59 Å². The lowest BCUT2D eigenvalue weighted by molar-refractivity contribution is -0.117. The quantitative estimate of drug-likeness (QED) is 0.195. The van der Waals surface area contributed by atoms with Gasteiger partial charge < -0.3 is 26.4 Å². The van der Waals surface area contributed by atoms with E-state index in [2.05, 4.69) is 31.5 Å². The maximum Gasteiger partial charge on any atom is 0.248 e. The minimum atomic E-state index is -0.325.